The van der Waals surface area contributed by atoms with Crippen molar-refractivity contribution in [3.05, 3.63) is 59.2 Å². The van der Waals surface area contributed by atoms with Gasteiger partial charge in [-0.05, 0) is 49.6 Å². The van der Waals surface area contributed by atoms with Crippen molar-refractivity contribution in [2.24, 2.45) is 0 Å². The molecule has 4 heteroatoms. The van der Waals surface area contributed by atoms with E-state index in [0.29, 0.717) is 6.54 Å². The summed E-state index contributed by atoms with van der Waals surface area (Å²) in [6.07, 6.45) is 0.251. The molecule has 24 heavy (non-hydrogen) atoms. The largest absolute Gasteiger partial charge is 0.326 e. The summed E-state index contributed by atoms with van der Waals surface area (Å²) in [5.41, 5.74) is 4.81. The smallest absolute Gasteiger partial charge is 0.226 e. The molecule has 0 fully saturated rings. The fourth-order valence-corrected chi connectivity index (χ4v) is 2.60. The minimum absolute atomic E-state index is 0.0626. The molecule has 0 bridgehead atoms. The summed E-state index contributed by atoms with van der Waals surface area (Å²) < 4.78 is 0. The molecular weight excluding hydrogens is 300 g/mol. The van der Waals surface area contributed by atoms with Crippen LogP contribution in [-0.2, 0) is 9.59 Å². The predicted molar refractivity (Wildman–Crippen MR) is 98.4 cm³/mol. The average Bonchev–Trinajstić information content (AvgIpc) is 2.52. The number of aryl methyl sites for hydroxylation is 3. The van der Waals surface area contributed by atoms with Gasteiger partial charge in [0.1, 0.15) is 0 Å². The van der Waals surface area contributed by atoms with Crippen LogP contribution in [0.4, 0.5) is 11.4 Å². The molecular formula is C20H24N2O2. The van der Waals surface area contributed by atoms with Gasteiger partial charge in [0, 0.05) is 31.3 Å². The van der Waals surface area contributed by atoms with E-state index in [-0.39, 0.29) is 18.2 Å². The van der Waals surface area contributed by atoms with Crippen molar-refractivity contribution >= 4 is 23.2 Å². The first-order valence-corrected chi connectivity index (χ1v) is 8.09. The van der Waals surface area contributed by atoms with Gasteiger partial charge in [0.05, 0.1) is 0 Å². The lowest BCUT2D eigenvalue weighted by molar-refractivity contribution is -0.117. The molecule has 1 N–H and O–H groups in total. The van der Waals surface area contributed by atoms with Gasteiger partial charge in [-0.2, -0.15) is 0 Å². The van der Waals surface area contributed by atoms with Gasteiger partial charge in [0.2, 0.25) is 11.8 Å². The van der Waals surface area contributed by atoms with Crippen LogP contribution in [0.25, 0.3) is 0 Å². The molecule has 0 spiro atoms. The number of rotatable bonds is 5. The van der Waals surface area contributed by atoms with Crippen molar-refractivity contribution in [2.45, 2.75) is 34.1 Å². The SMILES string of the molecule is CC(=O)N(CCC(=O)Nc1ccccc1C)c1cc(C)ccc1C. The first kappa shape index (κ1) is 17.7. The third kappa shape index (κ3) is 4.44. The highest BCUT2D eigenvalue weighted by atomic mass is 16.2. The number of nitrogens with one attached hydrogen (secondary N) is 1. The zero-order chi connectivity index (χ0) is 17.7. The standard InChI is InChI=1S/C20H24N2O2/c1-14-9-10-16(3)19(13-14)22(17(4)23)12-11-20(24)21-18-8-6-5-7-15(18)2/h5-10,13H,11-12H2,1-4H3,(H,21,24). The van der Waals surface area contributed by atoms with Gasteiger partial charge in [-0.3, -0.25) is 9.59 Å². The molecule has 2 amide bonds. The Labute approximate surface area is 143 Å². The van der Waals surface area contributed by atoms with E-state index in [2.05, 4.69) is 5.32 Å². The lowest BCUT2D eigenvalue weighted by atomic mass is 10.1. The van der Waals surface area contributed by atoms with Crippen LogP contribution in [0.5, 0.6) is 0 Å². The van der Waals surface area contributed by atoms with Crippen LogP contribution >= 0.6 is 0 Å². The lowest BCUT2D eigenvalue weighted by Gasteiger charge is -2.23. The number of nitrogens with zero attached hydrogens (tertiary/aromatic N) is 1. The molecule has 0 heterocycles. The van der Waals surface area contributed by atoms with Gasteiger partial charge in [0.15, 0.2) is 0 Å². The maximum absolute atomic E-state index is 12.2. The van der Waals surface area contributed by atoms with E-state index in [1.54, 1.807) is 4.90 Å². The Bertz CT molecular complexity index is 753. The second-order valence-electron chi connectivity index (χ2n) is 6.07. The number of amides is 2. The Morgan fingerprint density at radius 1 is 1.00 bits per heavy atom. The summed E-state index contributed by atoms with van der Waals surface area (Å²) in [6.45, 7) is 7.80. The highest BCUT2D eigenvalue weighted by molar-refractivity contribution is 5.95. The average molecular weight is 324 g/mol. The number of anilines is 2. The summed E-state index contributed by atoms with van der Waals surface area (Å²) in [7, 11) is 0. The van der Waals surface area contributed by atoms with Crippen molar-refractivity contribution in [2.75, 3.05) is 16.8 Å². The fourth-order valence-electron chi connectivity index (χ4n) is 2.60. The van der Waals surface area contributed by atoms with E-state index in [4.69, 9.17) is 0 Å². The van der Waals surface area contributed by atoms with Crippen molar-refractivity contribution in [1.82, 2.24) is 0 Å². The van der Waals surface area contributed by atoms with E-state index in [0.717, 1.165) is 28.1 Å². The number of benzene rings is 2. The highest BCUT2D eigenvalue weighted by Gasteiger charge is 2.16. The molecule has 126 valence electrons. The van der Waals surface area contributed by atoms with Crippen LogP contribution in [-0.4, -0.2) is 18.4 Å². The van der Waals surface area contributed by atoms with Crippen LogP contribution in [0.1, 0.15) is 30.0 Å². The minimum Gasteiger partial charge on any atom is -0.326 e. The van der Waals surface area contributed by atoms with Crippen LogP contribution in [0.3, 0.4) is 0 Å². The van der Waals surface area contributed by atoms with Crippen molar-refractivity contribution < 1.29 is 9.59 Å². The molecule has 0 unspecified atom stereocenters. The molecule has 4 nitrogen and oxygen atoms in total. The first-order chi connectivity index (χ1) is 11.4. The van der Waals surface area contributed by atoms with Gasteiger partial charge in [-0.1, -0.05) is 30.3 Å². The predicted octanol–water partition coefficient (Wildman–Crippen LogP) is 3.99. The maximum atomic E-state index is 12.2. The zero-order valence-corrected chi connectivity index (χ0v) is 14.7. The van der Waals surface area contributed by atoms with Gasteiger partial charge in [0.25, 0.3) is 0 Å². The lowest BCUT2D eigenvalue weighted by Crippen LogP contribution is -2.32. The van der Waals surface area contributed by atoms with Crippen LogP contribution in [0.2, 0.25) is 0 Å². The first-order valence-electron chi connectivity index (χ1n) is 8.09. The molecule has 0 aliphatic rings. The molecule has 0 aromatic heterocycles. The van der Waals surface area contributed by atoms with Gasteiger partial charge >= 0.3 is 0 Å². The second-order valence-corrected chi connectivity index (χ2v) is 6.07. The van der Waals surface area contributed by atoms with Crippen molar-refractivity contribution in [1.29, 1.82) is 0 Å². The number of carbonyl (C=O) groups is 2. The van der Waals surface area contributed by atoms with E-state index in [9.17, 15) is 9.59 Å². The summed E-state index contributed by atoms with van der Waals surface area (Å²) >= 11 is 0. The summed E-state index contributed by atoms with van der Waals surface area (Å²) in [4.78, 5) is 25.9. The molecule has 2 aromatic carbocycles. The summed E-state index contributed by atoms with van der Waals surface area (Å²) in [5, 5.41) is 2.91. The van der Waals surface area contributed by atoms with Crippen molar-refractivity contribution in [3.63, 3.8) is 0 Å². The maximum Gasteiger partial charge on any atom is 0.226 e. The Morgan fingerprint density at radius 3 is 2.38 bits per heavy atom. The van der Waals surface area contributed by atoms with E-state index >= 15 is 0 Å². The quantitative estimate of drug-likeness (QED) is 0.904. The monoisotopic (exact) mass is 324 g/mol. The number of para-hydroxylation sites is 1. The van der Waals surface area contributed by atoms with Gasteiger partial charge in [-0.25, -0.2) is 0 Å². The number of carbonyl (C=O) groups excluding carboxylic acids is 2. The Hall–Kier alpha value is -2.62. The molecule has 0 aliphatic heterocycles. The molecule has 0 atom stereocenters. The second kappa shape index (κ2) is 7.77. The van der Waals surface area contributed by atoms with E-state index in [1.165, 1.54) is 6.92 Å². The topological polar surface area (TPSA) is 49.4 Å². The van der Waals surface area contributed by atoms with Crippen molar-refractivity contribution in [3.8, 4) is 0 Å². The minimum atomic E-state index is -0.0964. The Balaban J connectivity index is 2.07. The normalized spacial score (nSPS) is 10.3. The third-order valence-electron chi connectivity index (χ3n) is 4.02. The fraction of sp³-hybridized carbons (Fsp3) is 0.300. The summed E-state index contributed by atoms with van der Waals surface area (Å²) in [6, 6.07) is 13.6. The Kier molecular flexibility index (Phi) is 5.74. The Morgan fingerprint density at radius 2 is 1.71 bits per heavy atom. The van der Waals surface area contributed by atoms with Crippen LogP contribution < -0.4 is 10.2 Å². The third-order valence-corrected chi connectivity index (χ3v) is 4.02. The number of hydrogen-bond acceptors (Lipinski definition) is 2. The highest BCUT2D eigenvalue weighted by Crippen LogP contribution is 2.22. The number of hydrogen-bond donors (Lipinski definition) is 1. The van der Waals surface area contributed by atoms with Crippen LogP contribution in [0, 0.1) is 20.8 Å². The van der Waals surface area contributed by atoms with Gasteiger partial charge in [-0.15, -0.1) is 0 Å². The molecule has 2 rings (SSSR count). The van der Waals surface area contributed by atoms with E-state index in [1.807, 2.05) is 63.2 Å². The van der Waals surface area contributed by atoms with E-state index < -0.39 is 0 Å². The zero-order valence-electron chi connectivity index (χ0n) is 14.7. The van der Waals surface area contributed by atoms with Gasteiger partial charge < -0.3 is 10.2 Å². The molecule has 0 saturated carbocycles. The molecule has 2 aromatic rings. The van der Waals surface area contributed by atoms with Crippen LogP contribution in [0.15, 0.2) is 42.5 Å². The molecule has 0 saturated heterocycles. The molecule has 0 radical (unpaired) electrons. The summed E-state index contributed by atoms with van der Waals surface area (Å²) in [5.74, 6) is -0.159. The molecule has 0 aliphatic carbocycles.